The molecule has 0 fully saturated rings. The zero-order chi connectivity index (χ0) is 18.4. The third-order valence-corrected chi connectivity index (χ3v) is 3.47. The topological polar surface area (TPSA) is 47.6 Å². The van der Waals surface area contributed by atoms with Crippen molar-refractivity contribution in [2.24, 2.45) is 0 Å². The van der Waals surface area contributed by atoms with Crippen molar-refractivity contribution in [2.75, 3.05) is 18.5 Å². The molecule has 1 amide bonds. The number of nitrogens with one attached hydrogen (secondary N) is 1. The molecular formula is C19H21F2NO3. The van der Waals surface area contributed by atoms with Crippen LogP contribution in [0.25, 0.3) is 0 Å². The van der Waals surface area contributed by atoms with Crippen molar-refractivity contribution < 1.29 is 23.0 Å². The minimum atomic E-state index is -0.868. The van der Waals surface area contributed by atoms with Crippen molar-refractivity contribution in [3.63, 3.8) is 0 Å². The third kappa shape index (κ3) is 5.74. The first-order valence-electron chi connectivity index (χ1n) is 7.88. The van der Waals surface area contributed by atoms with E-state index in [-0.39, 0.29) is 24.3 Å². The summed E-state index contributed by atoms with van der Waals surface area (Å²) in [6.45, 7) is 6.53. The van der Waals surface area contributed by atoms with Crippen LogP contribution in [0.5, 0.6) is 5.75 Å². The zero-order valence-electron chi connectivity index (χ0n) is 14.4. The molecular weight excluding hydrogens is 328 g/mol. The summed E-state index contributed by atoms with van der Waals surface area (Å²) >= 11 is 0. The summed E-state index contributed by atoms with van der Waals surface area (Å²) in [7, 11) is 0. The molecule has 0 bridgehead atoms. The first-order valence-corrected chi connectivity index (χ1v) is 7.88. The lowest BCUT2D eigenvalue weighted by Crippen LogP contribution is -2.18. The number of anilines is 1. The van der Waals surface area contributed by atoms with E-state index in [0.717, 1.165) is 12.1 Å². The lowest BCUT2D eigenvalue weighted by atomic mass is 9.87. The summed E-state index contributed by atoms with van der Waals surface area (Å²) in [5.41, 5.74) is 1.11. The van der Waals surface area contributed by atoms with E-state index in [1.54, 1.807) is 0 Å². The van der Waals surface area contributed by atoms with Gasteiger partial charge in [-0.25, -0.2) is 13.6 Å². The maximum absolute atomic E-state index is 13.4. The van der Waals surface area contributed by atoms with Gasteiger partial charge in [0, 0.05) is 6.07 Å². The Morgan fingerprint density at radius 3 is 2.32 bits per heavy atom. The summed E-state index contributed by atoms with van der Waals surface area (Å²) in [5, 5.41) is 2.20. The van der Waals surface area contributed by atoms with Crippen LogP contribution in [0.1, 0.15) is 26.3 Å². The lowest BCUT2D eigenvalue weighted by Gasteiger charge is -2.19. The highest BCUT2D eigenvalue weighted by molar-refractivity contribution is 5.84. The summed E-state index contributed by atoms with van der Waals surface area (Å²) in [4.78, 5) is 11.6. The number of hydrogen-bond acceptors (Lipinski definition) is 3. The van der Waals surface area contributed by atoms with Crippen molar-refractivity contribution in [1.29, 1.82) is 0 Å². The van der Waals surface area contributed by atoms with Crippen molar-refractivity contribution in [1.82, 2.24) is 0 Å². The Balaban J connectivity index is 1.74. The molecule has 134 valence electrons. The van der Waals surface area contributed by atoms with Gasteiger partial charge in [0.05, 0.1) is 5.69 Å². The zero-order valence-corrected chi connectivity index (χ0v) is 14.4. The molecule has 4 nitrogen and oxygen atoms in total. The summed E-state index contributed by atoms with van der Waals surface area (Å²) in [6, 6.07) is 10.5. The van der Waals surface area contributed by atoms with Crippen molar-refractivity contribution in [3.05, 3.63) is 59.7 Å². The van der Waals surface area contributed by atoms with Crippen LogP contribution in [0.4, 0.5) is 19.3 Å². The molecule has 0 heterocycles. The minimum absolute atomic E-state index is 0.00430. The number of benzene rings is 2. The van der Waals surface area contributed by atoms with Gasteiger partial charge in [0.1, 0.15) is 30.6 Å². The van der Waals surface area contributed by atoms with Gasteiger partial charge in [0.2, 0.25) is 0 Å². The second-order valence-electron chi connectivity index (χ2n) is 6.51. The van der Waals surface area contributed by atoms with Gasteiger partial charge in [0.25, 0.3) is 0 Å². The molecule has 0 saturated heterocycles. The van der Waals surface area contributed by atoms with Gasteiger partial charge in [0.15, 0.2) is 0 Å². The van der Waals surface area contributed by atoms with Gasteiger partial charge < -0.3 is 9.47 Å². The van der Waals surface area contributed by atoms with E-state index in [4.69, 9.17) is 9.47 Å². The van der Waals surface area contributed by atoms with E-state index in [0.29, 0.717) is 11.8 Å². The predicted octanol–water partition coefficient (Wildman–Crippen LogP) is 4.89. The smallest absolute Gasteiger partial charge is 0.411 e. The summed E-state index contributed by atoms with van der Waals surface area (Å²) in [5.74, 6) is -0.920. The number of ether oxygens (including phenoxy) is 2. The Hall–Kier alpha value is -2.63. The number of amides is 1. The normalized spacial score (nSPS) is 11.1. The van der Waals surface area contributed by atoms with E-state index in [9.17, 15) is 13.6 Å². The molecule has 25 heavy (non-hydrogen) atoms. The molecule has 0 atom stereocenters. The van der Waals surface area contributed by atoms with Crippen molar-refractivity contribution in [2.45, 2.75) is 26.2 Å². The Kier molecular flexibility index (Phi) is 5.96. The summed E-state index contributed by atoms with van der Waals surface area (Å²) in [6.07, 6.45) is -0.836. The molecule has 0 aromatic heterocycles. The quantitative estimate of drug-likeness (QED) is 0.782. The van der Waals surface area contributed by atoms with Crippen LogP contribution in [0, 0.1) is 11.6 Å². The van der Waals surface area contributed by atoms with E-state index in [2.05, 4.69) is 26.1 Å². The van der Waals surface area contributed by atoms with Crippen LogP contribution in [0.3, 0.4) is 0 Å². The molecule has 1 N–H and O–H groups in total. The fourth-order valence-corrected chi connectivity index (χ4v) is 2.08. The van der Waals surface area contributed by atoms with Gasteiger partial charge in [-0.2, -0.15) is 0 Å². The number of halogens is 2. The Bertz CT molecular complexity index is 724. The Labute approximate surface area is 145 Å². The first kappa shape index (κ1) is 18.7. The molecule has 0 saturated carbocycles. The highest BCUT2D eigenvalue weighted by atomic mass is 19.1. The Morgan fingerprint density at radius 1 is 1.04 bits per heavy atom. The van der Waals surface area contributed by atoms with Gasteiger partial charge in [-0.05, 0) is 35.2 Å². The van der Waals surface area contributed by atoms with E-state index in [1.807, 2.05) is 24.3 Å². The van der Waals surface area contributed by atoms with E-state index in [1.165, 1.54) is 5.56 Å². The SMILES string of the molecule is CC(C)(C)c1ccc(OCCOC(=O)Nc2ccc(F)cc2F)cc1. The Morgan fingerprint density at radius 2 is 1.72 bits per heavy atom. The van der Waals surface area contributed by atoms with Gasteiger partial charge >= 0.3 is 6.09 Å². The number of carbonyl (C=O) groups is 1. The molecule has 2 aromatic rings. The van der Waals surface area contributed by atoms with Gasteiger partial charge in [-0.3, -0.25) is 5.32 Å². The molecule has 0 aliphatic carbocycles. The molecule has 0 aliphatic rings. The van der Waals surface area contributed by atoms with Crippen LogP contribution >= 0.6 is 0 Å². The maximum Gasteiger partial charge on any atom is 0.411 e. The van der Waals surface area contributed by atoms with Crippen molar-refractivity contribution in [3.8, 4) is 5.75 Å². The fourth-order valence-electron chi connectivity index (χ4n) is 2.08. The number of hydrogen-bond donors (Lipinski definition) is 1. The van der Waals surface area contributed by atoms with E-state index < -0.39 is 17.7 Å². The van der Waals surface area contributed by atoms with Gasteiger partial charge in [-0.15, -0.1) is 0 Å². The maximum atomic E-state index is 13.4. The second kappa shape index (κ2) is 7.96. The van der Waals surface area contributed by atoms with Crippen LogP contribution < -0.4 is 10.1 Å². The molecule has 0 spiro atoms. The number of carbonyl (C=O) groups excluding carboxylic acids is 1. The average molecular weight is 349 g/mol. The largest absolute Gasteiger partial charge is 0.490 e. The molecule has 6 heteroatoms. The third-order valence-electron chi connectivity index (χ3n) is 3.47. The van der Waals surface area contributed by atoms with Crippen LogP contribution in [-0.2, 0) is 10.2 Å². The lowest BCUT2D eigenvalue weighted by molar-refractivity contribution is 0.137. The van der Waals surface area contributed by atoms with Crippen LogP contribution in [-0.4, -0.2) is 19.3 Å². The highest BCUT2D eigenvalue weighted by Gasteiger charge is 2.13. The average Bonchev–Trinajstić information content (AvgIpc) is 2.54. The highest BCUT2D eigenvalue weighted by Crippen LogP contribution is 2.24. The standard InChI is InChI=1S/C19H21F2NO3/c1-19(2,3)13-4-7-15(8-5-13)24-10-11-25-18(23)22-17-9-6-14(20)12-16(17)21/h4-9,12H,10-11H2,1-3H3,(H,22,23). The van der Waals surface area contributed by atoms with Crippen LogP contribution in [0.2, 0.25) is 0 Å². The molecule has 2 aromatic carbocycles. The molecule has 0 aliphatic heterocycles. The summed E-state index contributed by atoms with van der Waals surface area (Å²) < 4.78 is 36.6. The molecule has 0 radical (unpaired) electrons. The monoisotopic (exact) mass is 349 g/mol. The first-order chi connectivity index (χ1) is 11.8. The molecule has 0 unspecified atom stereocenters. The second-order valence-corrected chi connectivity index (χ2v) is 6.51. The van der Waals surface area contributed by atoms with Crippen molar-refractivity contribution >= 4 is 11.8 Å². The van der Waals surface area contributed by atoms with E-state index >= 15 is 0 Å². The number of rotatable bonds is 5. The molecule has 2 rings (SSSR count). The minimum Gasteiger partial charge on any atom is -0.490 e. The predicted molar refractivity (Wildman–Crippen MR) is 92.0 cm³/mol. The van der Waals surface area contributed by atoms with Crippen LogP contribution in [0.15, 0.2) is 42.5 Å². The fraction of sp³-hybridized carbons (Fsp3) is 0.316. The van der Waals surface area contributed by atoms with Gasteiger partial charge in [-0.1, -0.05) is 32.9 Å².